The molecule has 5 heteroatoms. The second kappa shape index (κ2) is 13.2. The van der Waals surface area contributed by atoms with Crippen LogP contribution in [0, 0.1) is 6.92 Å². The van der Waals surface area contributed by atoms with Gasteiger partial charge in [0.2, 0.25) is 11.8 Å². The Kier molecular flexibility index (Phi) is 9.71. The SMILES string of the molecule is CCNC(=O)[C@@H](Cc1ccccc1)N(Cc1cccc(C)c1)C(=O)CCCOc1ccccc1. The van der Waals surface area contributed by atoms with Crippen LogP contribution in [-0.2, 0) is 22.6 Å². The molecular formula is C29H34N2O3. The zero-order valence-electron chi connectivity index (χ0n) is 20.1. The third kappa shape index (κ3) is 7.77. The lowest BCUT2D eigenvalue weighted by atomic mass is 10.0. The van der Waals surface area contributed by atoms with E-state index < -0.39 is 6.04 Å². The smallest absolute Gasteiger partial charge is 0.243 e. The van der Waals surface area contributed by atoms with Gasteiger partial charge in [-0.25, -0.2) is 0 Å². The molecule has 3 aromatic rings. The van der Waals surface area contributed by atoms with Crippen LogP contribution in [0.3, 0.4) is 0 Å². The summed E-state index contributed by atoms with van der Waals surface area (Å²) in [5, 5.41) is 2.93. The van der Waals surface area contributed by atoms with Gasteiger partial charge in [0.25, 0.3) is 0 Å². The lowest BCUT2D eigenvalue weighted by molar-refractivity contribution is -0.141. The van der Waals surface area contributed by atoms with E-state index >= 15 is 0 Å². The number of ether oxygens (including phenoxy) is 1. The first kappa shape index (κ1) is 25.0. The molecule has 0 unspecified atom stereocenters. The number of carbonyl (C=O) groups is 2. The van der Waals surface area contributed by atoms with Crippen molar-refractivity contribution in [1.82, 2.24) is 10.2 Å². The molecule has 0 aliphatic rings. The first-order valence-electron chi connectivity index (χ1n) is 11.9. The van der Waals surface area contributed by atoms with Crippen LogP contribution in [0.4, 0.5) is 0 Å². The van der Waals surface area contributed by atoms with Crippen LogP contribution in [-0.4, -0.2) is 35.9 Å². The molecular weight excluding hydrogens is 424 g/mol. The predicted octanol–water partition coefficient (Wildman–Crippen LogP) is 4.93. The highest BCUT2D eigenvalue weighted by molar-refractivity contribution is 5.88. The Balaban J connectivity index is 1.77. The van der Waals surface area contributed by atoms with Crippen molar-refractivity contribution < 1.29 is 14.3 Å². The summed E-state index contributed by atoms with van der Waals surface area (Å²) in [5.41, 5.74) is 3.16. The van der Waals surface area contributed by atoms with E-state index in [1.807, 2.05) is 92.7 Å². The van der Waals surface area contributed by atoms with Gasteiger partial charge in [0.15, 0.2) is 0 Å². The molecule has 0 radical (unpaired) electrons. The Morgan fingerprint density at radius 3 is 2.26 bits per heavy atom. The summed E-state index contributed by atoms with van der Waals surface area (Å²) in [6.07, 6.45) is 1.35. The van der Waals surface area contributed by atoms with E-state index in [9.17, 15) is 9.59 Å². The molecule has 5 nitrogen and oxygen atoms in total. The highest BCUT2D eigenvalue weighted by Gasteiger charge is 2.29. The molecule has 0 saturated carbocycles. The van der Waals surface area contributed by atoms with Crippen LogP contribution < -0.4 is 10.1 Å². The lowest BCUT2D eigenvalue weighted by Crippen LogP contribution is -2.50. The molecule has 0 spiro atoms. The Bertz CT molecular complexity index is 1040. The molecule has 1 atom stereocenters. The van der Waals surface area contributed by atoms with Crippen molar-refractivity contribution in [3.63, 3.8) is 0 Å². The number of aryl methyl sites for hydroxylation is 1. The minimum Gasteiger partial charge on any atom is -0.494 e. The van der Waals surface area contributed by atoms with Gasteiger partial charge in [0, 0.05) is 25.9 Å². The zero-order chi connectivity index (χ0) is 24.2. The predicted molar refractivity (Wildman–Crippen MR) is 136 cm³/mol. The number of hydrogen-bond donors (Lipinski definition) is 1. The molecule has 0 aromatic heterocycles. The van der Waals surface area contributed by atoms with Crippen LogP contribution in [0.15, 0.2) is 84.9 Å². The normalized spacial score (nSPS) is 11.5. The number of rotatable bonds is 12. The van der Waals surface area contributed by atoms with E-state index in [4.69, 9.17) is 4.74 Å². The summed E-state index contributed by atoms with van der Waals surface area (Å²) in [7, 11) is 0. The number of likely N-dealkylation sites (N-methyl/N-ethyl adjacent to an activating group) is 1. The Morgan fingerprint density at radius 2 is 1.59 bits per heavy atom. The van der Waals surface area contributed by atoms with E-state index in [2.05, 4.69) is 11.4 Å². The molecule has 3 rings (SSSR count). The molecule has 0 aliphatic carbocycles. The largest absolute Gasteiger partial charge is 0.494 e. The first-order valence-corrected chi connectivity index (χ1v) is 11.9. The number of benzene rings is 3. The van der Waals surface area contributed by atoms with Crippen molar-refractivity contribution >= 4 is 11.8 Å². The maximum Gasteiger partial charge on any atom is 0.243 e. The number of nitrogens with one attached hydrogen (secondary N) is 1. The maximum atomic E-state index is 13.5. The fourth-order valence-corrected chi connectivity index (χ4v) is 3.93. The highest BCUT2D eigenvalue weighted by atomic mass is 16.5. The van der Waals surface area contributed by atoms with E-state index in [1.165, 1.54) is 0 Å². The summed E-state index contributed by atoms with van der Waals surface area (Å²) in [4.78, 5) is 28.3. The van der Waals surface area contributed by atoms with Gasteiger partial charge in [-0.05, 0) is 43.5 Å². The van der Waals surface area contributed by atoms with Gasteiger partial charge in [-0.2, -0.15) is 0 Å². The molecule has 178 valence electrons. The van der Waals surface area contributed by atoms with Gasteiger partial charge in [-0.3, -0.25) is 9.59 Å². The maximum absolute atomic E-state index is 13.5. The zero-order valence-corrected chi connectivity index (χ0v) is 20.1. The van der Waals surface area contributed by atoms with E-state index in [-0.39, 0.29) is 11.8 Å². The molecule has 1 N–H and O–H groups in total. The fraction of sp³-hybridized carbons (Fsp3) is 0.310. The molecule has 0 fully saturated rings. The second-order valence-electron chi connectivity index (χ2n) is 8.38. The molecule has 34 heavy (non-hydrogen) atoms. The average molecular weight is 459 g/mol. The lowest BCUT2D eigenvalue weighted by Gasteiger charge is -2.31. The van der Waals surface area contributed by atoms with Gasteiger partial charge in [-0.1, -0.05) is 78.4 Å². The molecule has 2 amide bonds. The van der Waals surface area contributed by atoms with Crippen molar-refractivity contribution in [3.8, 4) is 5.75 Å². The Hall–Kier alpha value is -3.60. The van der Waals surface area contributed by atoms with Crippen LogP contribution >= 0.6 is 0 Å². The van der Waals surface area contributed by atoms with E-state index in [1.54, 1.807) is 4.90 Å². The van der Waals surface area contributed by atoms with Crippen molar-refractivity contribution in [1.29, 1.82) is 0 Å². The molecule has 0 saturated heterocycles. The molecule has 0 bridgehead atoms. The number of amides is 2. The van der Waals surface area contributed by atoms with Crippen molar-refractivity contribution in [2.24, 2.45) is 0 Å². The summed E-state index contributed by atoms with van der Waals surface area (Å²) < 4.78 is 5.76. The van der Waals surface area contributed by atoms with Crippen LogP contribution in [0.1, 0.15) is 36.5 Å². The minimum atomic E-state index is -0.592. The second-order valence-corrected chi connectivity index (χ2v) is 8.38. The molecule has 0 aliphatic heterocycles. The summed E-state index contributed by atoms with van der Waals surface area (Å²) in [6, 6.07) is 26.9. The minimum absolute atomic E-state index is 0.0506. The Morgan fingerprint density at radius 1 is 0.912 bits per heavy atom. The first-order chi connectivity index (χ1) is 16.6. The van der Waals surface area contributed by atoms with Crippen LogP contribution in [0.5, 0.6) is 5.75 Å². The van der Waals surface area contributed by atoms with Crippen LogP contribution in [0.25, 0.3) is 0 Å². The summed E-state index contributed by atoms with van der Waals surface area (Å²) >= 11 is 0. The number of carbonyl (C=O) groups excluding carboxylic acids is 2. The monoisotopic (exact) mass is 458 g/mol. The topological polar surface area (TPSA) is 58.6 Å². The van der Waals surface area contributed by atoms with Crippen molar-refractivity contribution in [2.75, 3.05) is 13.2 Å². The molecule has 3 aromatic carbocycles. The standard InChI is InChI=1S/C29H34N2O3/c1-3-30-29(33)27(21-24-13-6-4-7-14-24)31(22-25-15-10-12-23(2)20-25)28(32)18-11-19-34-26-16-8-5-9-17-26/h4-10,12-17,20,27H,3,11,18-19,21-22H2,1-2H3,(H,30,33)/t27-/m1/s1. The highest BCUT2D eigenvalue weighted by Crippen LogP contribution is 2.17. The fourth-order valence-electron chi connectivity index (χ4n) is 3.93. The molecule has 0 heterocycles. The van der Waals surface area contributed by atoms with Crippen molar-refractivity contribution in [2.45, 2.75) is 45.7 Å². The summed E-state index contributed by atoms with van der Waals surface area (Å²) in [6.45, 7) is 5.27. The Labute approximate surface area is 202 Å². The van der Waals surface area contributed by atoms with Gasteiger partial charge in [-0.15, -0.1) is 0 Å². The van der Waals surface area contributed by atoms with E-state index in [0.29, 0.717) is 39.0 Å². The number of para-hydroxylation sites is 1. The third-order valence-corrected chi connectivity index (χ3v) is 5.60. The van der Waals surface area contributed by atoms with Crippen LogP contribution in [0.2, 0.25) is 0 Å². The summed E-state index contributed by atoms with van der Waals surface area (Å²) in [5.74, 6) is 0.606. The van der Waals surface area contributed by atoms with Gasteiger partial charge in [0.1, 0.15) is 11.8 Å². The third-order valence-electron chi connectivity index (χ3n) is 5.60. The average Bonchev–Trinajstić information content (AvgIpc) is 2.85. The number of hydrogen-bond acceptors (Lipinski definition) is 3. The van der Waals surface area contributed by atoms with Gasteiger partial charge < -0.3 is 15.0 Å². The quantitative estimate of drug-likeness (QED) is 0.392. The van der Waals surface area contributed by atoms with Gasteiger partial charge in [0.05, 0.1) is 6.61 Å². The van der Waals surface area contributed by atoms with Crippen molar-refractivity contribution in [3.05, 3.63) is 102 Å². The number of nitrogens with zero attached hydrogens (tertiary/aromatic N) is 1. The van der Waals surface area contributed by atoms with E-state index in [0.717, 1.165) is 22.4 Å². The van der Waals surface area contributed by atoms with Gasteiger partial charge >= 0.3 is 0 Å².